The predicted molar refractivity (Wildman–Crippen MR) is 136 cm³/mol. The van der Waals surface area contributed by atoms with Crippen molar-refractivity contribution in [1.29, 1.82) is 0 Å². The number of thiophene rings is 1. The van der Waals surface area contributed by atoms with Crippen molar-refractivity contribution in [3.8, 4) is 0 Å². The van der Waals surface area contributed by atoms with E-state index in [0.29, 0.717) is 23.7 Å². The fourth-order valence-corrected chi connectivity index (χ4v) is 5.69. The second-order valence-electron chi connectivity index (χ2n) is 8.84. The van der Waals surface area contributed by atoms with Crippen molar-refractivity contribution in [3.05, 3.63) is 94.0 Å². The number of nitrogens with two attached hydrogens (primary N) is 1. The minimum atomic E-state index is -0.0318. The summed E-state index contributed by atoms with van der Waals surface area (Å²) in [5.74, 6) is -0.0318. The first-order chi connectivity index (χ1) is 16.2. The van der Waals surface area contributed by atoms with Gasteiger partial charge in [0.2, 0.25) is 0 Å². The van der Waals surface area contributed by atoms with Crippen LogP contribution in [-0.4, -0.2) is 15.8 Å². The predicted octanol–water partition coefficient (Wildman–Crippen LogP) is 6.38. The fraction of sp³-hybridized carbons (Fsp3) is 0.286. The number of hydrogen-bond donors (Lipinski definition) is 1. The molecular formula is C28H29N3OS. The van der Waals surface area contributed by atoms with E-state index in [1.54, 1.807) is 0 Å². The highest BCUT2D eigenvalue weighted by Gasteiger charge is 2.24. The zero-order valence-electron chi connectivity index (χ0n) is 18.8. The molecule has 5 rings (SSSR count). The number of anilines is 1. The van der Waals surface area contributed by atoms with Crippen molar-refractivity contribution >= 4 is 33.1 Å². The Morgan fingerprint density at radius 2 is 1.48 bits per heavy atom. The highest BCUT2D eigenvalue weighted by atomic mass is 32.1. The molecule has 0 saturated heterocycles. The Labute approximate surface area is 199 Å². The molecule has 0 bridgehead atoms. The summed E-state index contributed by atoms with van der Waals surface area (Å²) in [7, 11) is 0. The SMILES string of the molecule is Nc1c(C(=O)N(Cc2ccccc2)Cc2ccccc2)sc2nc3c(cc12)CCCCCC3. The average Bonchev–Trinajstić information content (AvgIpc) is 3.15. The summed E-state index contributed by atoms with van der Waals surface area (Å²) < 4.78 is 0. The molecule has 2 aromatic carbocycles. The minimum absolute atomic E-state index is 0.0318. The maximum atomic E-state index is 13.8. The second-order valence-corrected chi connectivity index (χ2v) is 9.84. The zero-order chi connectivity index (χ0) is 22.6. The number of pyridine rings is 1. The quantitative estimate of drug-likeness (QED) is 0.380. The van der Waals surface area contributed by atoms with Gasteiger partial charge >= 0.3 is 0 Å². The fourth-order valence-electron chi connectivity index (χ4n) is 4.62. The van der Waals surface area contributed by atoms with Gasteiger partial charge in [-0.25, -0.2) is 4.98 Å². The van der Waals surface area contributed by atoms with Gasteiger partial charge in [0.25, 0.3) is 5.91 Å². The Hall–Kier alpha value is -3.18. The largest absolute Gasteiger partial charge is 0.397 e. The van der Waals surface area contributed by atoms with E-state index in [4.69, 9.17) is 10.7 Å². The summed E-state index contributed by atoms with van der Waals surface area (Å²) in [6.07, 6.45) is 6.97. The number of rotatable bonds is 5. The van der Waals surface area contributed by atoms with Gasteiger partial charge in [-0.3, -0.25) is 4.79 Å². The van der Waals surface area contributed by atoms with Crippen molar-refractivity contribution < 1.29 is 4.79 Å². The summed E-state index contributed by atoms with van der Waals surface area (Å²) in [5, 5.41) is 0.932. The van der Waals surface area contributed by atoms with Gasteiger partial charge in [0.15, 0.2) is 0 Å². The van der Waals surface area contributed by atoms with Crippen LogP contribution in [0, 0.1) is 0 Å². The van der Waals surface area contributed by atoms with Crippen LogP contribution in [0.1, 0.15) is 57.7 Å². The Kier molecular flexibility index (Phi) is 6.40. The van der Waals surface area contributed by atoms with E-state index in [9.17, 15) is 4.79 Å². The molecule has 0 spiro atoms. The molecule has 2 N–H and O–H groups in total. The lowest BCUT2D eigenvalue weighted by Crippen LogP contribution is -2.30. The van der Waals surface area contributed by atoms with E-state index in [2.05, 4.69) is 30.3 Å². The van der Waals surface area contributed by atoms with Crippen LogP contribution < -0.4 is 5.73 Å². The number of carbonyl (C=O) groups is 1. The molecule has 2 aromatic heterocycles. The number of aryl methyl sites for hydroxylation is 2. The van der Waals surface area contributed by atoms with Crippen LogP contribution in [0.15, 0.2) is 66.7 Å². The smallest absolute Gasteiger partial charge is 0.266 e. The molecule has 0 radical (unpaired) electrons. The first kappa shape index (κ1) is 21.7. The number of aromatic nitrogens is 1. The van der Waals surface area contributed by atoms with Gasteiger partial charge in [0.05, 0.1) is 5.69 Å². The number of amides is 1. The van der Waals surface area contributed by atoms with Gasteiger partial charge in [-0.2, -0.15) is 0 Å². The van der Waals surface area contributed by atoms with E-state index in [1.165, 1.54) is 48.3 Å². The maximum absolute atomic E-state index is 13.8. The first-order valence-corrected chi connectivity index (χ1v) is 12.6. The molecule has 2 heterocycles. The Morgan fingerprint density at radius 1 is 0.879 bits per heavy atom. The number of hydrogen-bond acceptors (Lipinski definition) is 4. The Balaban J connectivity index is 1.51. The molecule has 1 aliphatic rings. The lowest BCUT2D eigenvalue weighted by molar-refractivity contribution is 0.0736. The molecule has 1 aliphatic carbocycles. The van der Waals surface area contributed by atoms with E-state index in [1.807, 2.05) is 41.3 Å². The highest BCUT2D eigenvalue weighted by Crippen LogP contribution is 2.36. The normalized spacial score (nSPS) is 13.8. The first-order valence-electron chi connectivity index (χ1n) is 11.8. The molecule has 0 fully saturated rings. The summed E-state index contributed by atoms with van der Waals surface area (Å²) in [6.45, 7) is 1.07. The lowest BCUT2D eigenvalue weighted by Gasteiger charge is -2.23. The van der Waals surface area contributed by atoms with Crippen molar-refractivity contribution in [3.63, 3.8) is 0 Å². The molecule has 0 unspecified atom stereocenters. The van der Waals surface area contributed by atoms with Gasteiger partial charge < -0.3 is 10.6 Å². The summed E-state index contributed by atoms with van der Waals surface area (Å²) >= 11 is 1.44. The third-order valence-electron chi connectivity index (χ3n) is 6.41. The molecule has 0 saturated carbocycles. The van der Waals surface area contributed by atoms with Gasteiger partial charge in [-0.15, -0.1) is 11.3 Å². The van der Waals surface area contributed by atoms with Crippen molar-refractivity contribution in [2.45, 2.75) is 51.6 Å². The van der Waals surface area contributed by atoms with Crippen LogP contribution in [0.2, 0.25) is 0 Å². The second kappa shape index (κ2) is 9.75. The van der Waals surface area contributed by atoms with Crippen LogP contribution in [0.3, 0.4) is 0 Å². The van der Waals surface area contributed by atoms with E-state index < -0.39 is 0 Å². The molecule has 0 atom stereocenters. The van der Waals surface area contributed by atoms with Crippen molar-refractivity contribution in [2.24, 2.45) is 0 Å². The van der Waals surface area contributed by atoms with Crippen molar-refractivity contribution in [1.82, 2.24) is 9.88 Å². The molecule has 168 valence electrons. The van der Waals surface area contributed by atoms with Crippen LogP contribution >= 0.6 is 11.3 Å². The van der Waals surface area contributed by atoms with E-state index >= 15 is 0 Å². The van der Waals surface area contributed by atoms with Gasteiger partial charge in [0, 0.05) is 24.2 Å². The summed E-state index contributed by atoms with van der Waals surface area (Å²) in [6, 6.07) is 22.4. The number of benzene rings is 2. The minimum Gasteiger partial charge on any atom is -0.397 e. The molecule has 1 amide bonds. The third-order valence-corrected chi connectivity index (χ3v) is 7.52. The van der Waals surface area contributed by atoms with Crippen LogP contribution in [0.5, 0.6) is 0 Å². The van der Waals surface area contributed by atoms with Crippen LogP contribution in [0.25, 0.3) is 10.2 Å². The Bertz CT molecular complexity index is 1210. The van der Waals surface area contributed by atoms with E-state index in [-0.39, 0.29) is 5.91 Å². The Morgan fingerprint density at radius 3 is 2.12 bits per heavy atom. The lowest BCUT2D eigenvalue weighted by atomic mass is 9.96. The standard InChI is InChI=1S/C28H29N3OS/c29-25-23-17-22-15-9-1-2-10-16-24(22)30-27(23)33-26(25)28(32)31(18-20-11-5-3-6-12-20)19-21-13-7-4-8-14-21/h3-8,11-14,17H,1-2,9-10,15-16,18-19,29H2. The van der Waals surface area contributed by atoms with Gasteiger partial charge in [-0.1, -0.05) is 73.5 Å². The molecule has 5 heteroatoms. The monoisotopic (exact) mass is 455 g/mol. The number of fused-ring (bicyclic) bond motifs is 2. The molecule has 4 nitrogen and oxygen atoms in total. The summed E-state index contributed by atoms with van der Waals surface area (Å²) in [5.41, 5.74) is 11.9. The third kappa shape index (κ3) is 4.79. The van der Waals surface area contributed by atoms with Crippen LogP contribution in [0.4, 0.5) is 5.69 Å². The zero-order valence-corrected chi connectivity index (χ0v) is 19.6. The molecular weight excluding hydrogens is 426 g/mol. The topological polar surface area (TPSA) is 59.2 Å². The summed E-state index contributed by atoms with van der Waals surface area (Å²) in [4.78, 5) is 22.2. The molecule has 4 aromatic rings. The highest BCUT2D eigenvalue weighted by molar-refractivity contribution is 7.21. The maximum Gasteiger partial charge on any atom is 0.266 e. The number of carbonyl (C=O) groups excluding carboxylic acids is 1. The van der Waals surface area contributed by atoms with Crippen molar-refractivity contribution in [2.75, 3.05) is 5.73 Å². The van der Waals surface area contributed by atoms with Gasteiger partial charge in [0.1, 0.15) is 9.71 Å². The van der Waals surface area contributed by atoms with Gasteiger partial charge in [-0.05, 0) is 48.4 Å². The molecule has 33 heavy (non-hydrogen) atoms. The van der Waals surface area contributed by atoms with E-state index in [0.717, 1.165) is 34.2 Å². The molecule has 0 aliphatic heterocycles. The van der Waals surface area contributed by atoms with Crippen LogP contribution in [-0.2, 0) is 25.9 Å². The average molecular weight is 456 g/mol. The number of nitrogens with zero attached hydrogens (tertiary/aromatic N) is 2. The number of nitrogen functional groups attached to an aromatic ring is 1.